The van der Waals surface area contributed by atoms with Gasteiger partial charge in [-0.15, -0.1) is 0 Å². The van der Waals surface area contributed by atoms with E-state index in [0.29, 0.717) is 11.4 Å². The zero-order chi connectivity index (χ0) is 15.0. The molecule has 1 aromatic rings. The van der Waals surface area contributed by atoms with Crippen molar-refractivity contribution in [2.24, 2.45) is 0 Å². The van der Waals surface area contributed by atoms with Gasteiger partial charge in [0.05, 0.1) is 5.69 Å². The molecule has 0 fully saturated rings. The van der Waals surface area contributed by atoms with Crippen LogP contribution in [-0.4, -0.2) is 16.5 Å². The molecule has 0 aliphatic heterocycles. The Morgan fingerprint density at radius 3 is 2.70 bits per heavy atom. The molecule has 114 valence electrons. The van der Waals surface area contributed by atoms with E-state index in [2.05, 4.69) is 26.1 Å². The highest BCUT2D eigenvalue weighted by Crippen LogP contribution is 2.12. The molecule has 0 aliphatic rings. The molecule has 1 aromatic heterocycles. The monoisotopic (exact) mass is 279 g/mol. The first-order valence-corrected chi connectivity index (χ1v) is 7.85. The van der Waals surface area contributed by atoms with Crippen molar-refractivity contribution in [2.45, 2.75) is 71.9 Å². The Morgan fingerprint density at radius 2 is 2.05 bits per heavy atom. The molecule has 1 atom stereocenters. The van der Waals surface area contributed by atoms with Crippen LogP contribution in [0.15, 0.2) is 12.3 Å². The molecule has 1 unspecified atom stereocenters. The number of nitrogens with one attached hydrogen (secondary N) is 1. The van der Waals surface area contributed by atoms with E-state index in [1.54, 1.807) is 6.07 Å². The number of nitrogens with zero attached hydrogens (tertiary/aromatic N) is 1. The van der Waals surface area contributed by atoms with Gasteiger partial charge in [-0.1, -0.05) is 39.5 Å². The number of carbonyl (C=O) groups excluding carboxylic acids is 1. The summed E-state index contributed by atoms with van der Waals surface area (Å²) in [6, 6.07) is 1.97. The second-order valence-electron chi connectivity index (χ2n) is 5.58. The maximum Gasteiger partial charge on any atom is 0.268 e. The molecular weight excluding hydrogens is 250 g/mol. The van der Waals surface area contributed by atoms with E-state index in [1.807, 2.05) is 10.8 Å². The fourth-order valence-electron chi connectivity index (χ4n) is 2.40. The summed E-state index contributed by atoms with van der Waals surface area (Å²) in [5, 5.41) is 3.07. The highest BCUT2D eigenvalue weighted by molar-refractivity contribution is 5.94. The summed E-state index contributed by atoms with van der Waals surface area (Å²) in [6.07, 6.45) is 8.80. The number of aryl methyl sites for hydroxylation is 1. The van der Waals surface area contributed by atoms with Crippen LogP contribution in [0.4, 0.5) is 5.69 Å². The normalized spacial score (nSPS) is 12.3. The molecule has 0 radical (unpaired) electrons. The summed E-state index contributed by atoms with van der Waals surface area (Å²) < 4.78 is 1.94. The average Bonchev–Trinajstić information content (AvgIpc) is 2.76. The molecule has 0 saturated heterocycles. The number of unbranched alkanes of at least 4 members (excludes halogenated alkanes) is 3. The van der Waals surface area contributed by atoms with Crippen molar-refractivity contribution in [2.75, 3.05) is 5.73 Å². The molecule has 0 saturated carbocycles. The van der Waals surface area contributed by atoms with E-state index in [-0.39, 0.29) is 11.9 Å². The average molecular weight is 279 g/mol. The van der Waals surface area contributed by atoms with Crippen LogP contribution in [0.3, 0.4) is 0 Å². The van der Waals surface area contributed by atoms with Crippen LogP contribution in [-0.2, 0) is 6.54 Å². The van der Waals surface area contributed by atoms with Crippen molar-refractivity contribution < 1.29 is 4.79 Å². The lowest BCUT2D eigenvalue weighted by Gasteiger charge is -2.15. The second-order valence-corrected chi connectivity index (χ2v) is 5.58. The van der Waals surface area contributed by atoms with Crippen LogP contribution in [0.2, 0.25) is 0 Å². The van der Waals surface area contributed by atoms with Gasteiger partial charge in [-0.2, -0.15) is 0 Å². The van der Waals surface area contributed by atoms with Crippen molar-refractivity contribution in [3.05, 3.63) is 18.0 Å². The minimum Gasteiger partial charge on any atom is -0.397 e. The van der Waals surface area contributed by atoms with Gasteiger partial charge in [0.1, 0.15) is 5.69 Å². The van der Waals surface area contributed by atoms with Gasteiger partial charge >= 0.3 is 0 Å². The zero-order valence-electron chi connectivity index (χ0n) is 13.1. The van der Waals surface area contributed by atoms with Gasteiger partial charge < -0.3 is 15.6 Å². The minimum absolute atomic E-state index is 0.0156. The van der Waals surface area contributed by atoms with Crippen molar-refractivity contribution >= 4 is 11.6 Å². The Labute approximate surface area is 122 Å². The number of nitrogen functional groups attached to an aromatic ring is 1. The molecule has 0 spiro atoms. The van der Waals surface area contributed by atoms with Gasteiger partial charge in [0.15, 0.2) is 0 Å². The first-order valence-electron chi connectivity index (χ1n) is 7.85. The predicted octanol–water partition coefficient (Wildman–Crippen LogP) is 3.57. The maximum atomic E-state index is 12.3. The molecular formula is C16H29N3O. The first-order chi connectivity index (χ1) is 9.58. The van der Waals surface area contributed by atoms with Gasteiger partial charge in [0.25, 0.3) is 5.91 Å². The van der Waals surface area contributed by atoms with Gasteiger partial charge in [-0.05, 0) is 25.8 Å². The fourth-order valence-corrected chi connectivity index (χ4v) is 2.40. The summed E-state index contributed by atoms with van der Waals surface area (Å²) in [6.45, 7) is 7.19. The number of amides is 1. The molecule has 1 rings (SSSR count). The summed E-state index contributed by atoms with van der Waals surface area (Å²) in [5.41, 5.74) is 7.11. The quantitative estimate of drug-likeness (QED) is 0.679. The van der Waals surface area contributed by atoms with E-state index in [4.69, 9.17) is 5.73 Å². The van der Waals surface area contributed by atoms with Crippen LogP contribution in [0.25, 0.3) is 0 Å². The molecule has 1 heterocycles. The molecule has 0 aromatic carbocycles. The molecule has 0 aliphatic carbocycles. The fraction of sp³-hybridized carbons (Fsp3) is 0.688. The molecule has 3 N–H and O–H groups in total. The minimum atomic E-state index is -0.0156. The summed E-state index contributed by atoms with van der Waals surface area (Å²) in [7, 11) is 0. The molecule has 4 nitrogen and oxygen atoms in total. The van der Waals surface area contributed by atoms with E-state index in [9.17, 15) is 4.79 Å². The lowest BCUT2D eigenvalue weighted by atomic mass is 10.1. The molecule has 20 heavy (non-hydrogen) atoms. The predicted molar refractivity (Wildman–Crippen MR) is 84.8 cm³/mol. The number of hydrogen-bond acceptors (Lipinski definition) is 2. The smallest absolute Gasteiger partial charge is 0.268 e. The Morgan fingerprint density at radius 1 is 1.30 bits per heavy atom. The van der Waals surface area contributed by atoms with E-state index in [0.717, 1.165) is 19.4 Å². The second kappa shape index (κ2) is 8.67. The Balaban J connectivity index is 2.49. The van der Waals surface area contributed by atoms with Crippen LogP contribution >= 0.6 is 0 Å². The van der Waals surface area contributed by atoms with E-state index in [1.165, 1.54) is 25.7 Å². The van der Waals surface area contributed by atoms with Crippen LogP contribution in [0.1, 0.15) is 69.8 Å². The van der Waals surface area contributed by atoms with Gasteiger partial charge in [-0.25, -0.2) is 0 Å². The standard InChI is InChI=1S/C16H29N3O/c1-4-6-7-8-9-13(3)18-16(20)15-11-14(17)12-19(15)10-5-2/h11-13H,4-10,17H2,1-3H3,(H,18,20). The number of hydrogen-bond donors (Lipinski definition) is 2. The van der Waals surface area contributed by atoms with Gasteiger partial charge in [0, 0.05) is 18.8 Å². The topological polar surface area (TPSA) is 60.1 Å². The Hall–Kier alpha value is -1.45. The number of nitrogens with two attached hydrogens (primary N) is 1. The molecule has 1 amide bonds. The lowest BCUT2D eigenvalue weighted by molar-refractivity contribution is 0.0928. The highest BCUT2D eigenvalue weighted by atomic mass is 16.2. The van der Waals surface area contributed by atoms with Crippen molar-refractivity contribution in [1.29, 1.82) is 0 Å². The number of carbonyl (C=O) groups is 1. The summed E-state index contributed by atoms with van der Waals surface area (Å²) in [4.78, 5) is 12.3. The Bertz CT molecular complexity index is 412. The third-order valence-corrected chi connectivity index (χ3v) is 3.48. The number of anilines is 1. The van der Waals surface area contributed by atoms with Crippen molar-refractivity contribution in [1.82, 2.24) is 9.88 Å². The van der Waals surface area contributed by atoms with Crippen LogP contribution in [0, 0.1) is 0 Å². The largest absolute Gasteiger partial charge is 0.397 e. The van der Waals surface area contributed by atoms with Gasteiger partial charge in [-0.3, -0.25) is 4.79 Å². The zero-order valence-corrected chi connectivity index (χ0v) is 13.1. The Kier molecular flexibility index (Phi) is 7.20. The summed E-state index contributed by atoms with van der Waals surface area (Å²) in [5.74, 6) is -0.0156. The number of rotatable bonds is 9. The van der Waals surface area contributed by atoms with E-state index >= 15 is 0 Å². The first kappa shape index (κ1) is 16.6. The molecule has 0 bridgehead atoms. The third kappa shape index (κ3) is 5.27. The third-order valence-electron chi connectivity index (χ3n) is 3.48. The highest BCUT2D eigenvalue weighted by Gasteiger charge is 2.14. The van der Waals surface area contributed by atoms with Crippen LogP contribution < -0.4 is 11.1 Å². The van der Waals surface area contributed by atoms with Crippen molar-refractivity contribution in [3.8, 4) is 0 Å². The van der Waals surface area contributed by atoms with Crippen LogP contribution in [0.5, 0.6) is 0 Å². The van der Waals surface area contributed by atoms with Crippen molar-refractivity contribution in [3.63, 3.8) is 0 Å². The lowest BCUT2D eigenvalue weighted by Crippen LogP contribution is -2.33. The number of aromatic nitrogens is 1. The summed E-state index contributed by atoms with van der Waals surface area (Å²) >= 11 is 0. The molecule has 4 heteroatoms. The maximum absolute atomic E-state index is 12.3. The van der Waals surface area contributed by atoms with Gasteiger partial charge in [0.2, 0.25) is 0 Å². The van der Waals surface area contributed by atoms with E-state index < -0.39 is 0 Å². The SMILES string of the molecule is CCCCCCC(C)NC(=O)c1cc(N)cn1CCC.